The molecule has 0 unspecified atom stereocenters. The lowest BCUT2D eigenvalue weighted by Gasteiger charge is -2.16. The summed E-state index contributed by atoms with van der Waals surface area (Å²) in [5.41, 5.74) is -2.42. The maximum absolute atomic E-state index is 12.8. The van der Waals surface area contributed by atoms with Gasteiger partial charge in [0.15, 0.2) is 5.78 Å². The number of alkyl halides is 3. The fraction of sp³-hybridized carbons (Fsp3) is 0.364. The molecular formula is C11H9F3N2O2. The largest absolute Gasteiger partial charge is 0.496 e. The molecular weight excluding hydrogens is 250 g/mol. The molecule has 4 nitrogen and oxygen atoms in total. The minimum Gasteiger partial charge on any atom is -0.496 e. The summed E-state index contributed by atoms with van der Waals surface area (Å²) in [5, 5.41) is 6.17. The Hall–Kier alpha value is -1.92. The fourth-order valence-electron chi connectivity index (χ4n) is 1.64. The number of methoxy groups -OCH3 is 1. The van der Waals surface area contributed by atoms with Crippen molar-refractivity contribution in [3.63, 3.8) is 0 Å². The van der Waals surface area contributed by atoms with Gasteiger partial charge in [0.05, 0.1) is 12.7 Å². The van der Waals surface area contributed by atoms with E-state index in [1.54, 1.807) is 0 Å². The first-order valence-corrected chi connectivity index (χ1v) is 5.02. The molecule has 96 valence electrons. The van der Waals surface area contributed by atoms with Gasteiger partial charge in [-0.25, -0.2) is 0 Å². The Balaban J connectivity index is 2.46. The lowest BCUT2D eigenvalue weighted by atomic mass is 10.00. The topological polar surface area (TPSA) is 51.0 Å². The molecule has 1 heterocycles. The number of ketones is 1. The van der Waals surface area contributed by atoms with Crippen molar-refractivity contribution in [3.05, 3.63) is 29.3 Å². The Morgan fingerprint density at radius 2 is 1.94 bits per heavy atom. The molecule has 0 amide bonds. The van der Waals surface area contributed by atoms with E-state index in [1.165, 1.54) is 26.2 Å². The molecule has 2 rings (SSSR count). The van der Waals surface area contributed by atoms with Crippen molar-refractivity contribution in [1.82, 2.24) is 0 Å². The van der Waals surface area contributed by atoms with Gasteiger partial charge in [0.1, 0.15) is 5.75 Å². The molecule has 0 aromatic heterocycles. The van der Waals surface area contributed by atoms with Gasteiger partial charge in [-0.15, -0.1) is 10.2 Å². The first kappa shape index (κ1) is 12.5. The van der Waals surface area contributed by atoms with Gasteiger partial charge in [-0.3, -0.25) is 4.79 Å². The molecule has 0 spiro atoms. The molecule has 1 aromatic carbocycles. The summed E-state index contributed by atoms with van der Waals surface area (Å²) in [4.78, 5) is 11.2. The zero-order valence-electron chi connectivity index (χ0n) is 9.58. The summed E-state index contributed by atoms with van der Waals surface area (Å²) in [5.74, 6) is -0.204. The normalized spacial score (nSPS) is 16.5. The molecule has 0 fully saturated rings. The molecule has 0 bridgehead atoms. The van der Waals surface area contributed by atoms with E-state index in [0.29, 0.717) is 0 Å². The van der Waals surface area contributed by atoms with Gasteiger partial charge in [0, 0.05) is 5.56 Å². The molecule has 0 saturated heterocycles. The van der Waals surface area contributed by atoms with Gasteiger partial charge < -0.3 is 4.74 Å². The van der Waals surface area contributed by atoms with Crippen molar-refractivity contribution < 1.29 is 22.7 Å². The Labute approximate surface area is 100 Å². The Morgan fingerprint density at radius 3 is 2.33 bits per heavy atom. The fourth-order valence-corrected chi connectivity index (χ4v) is 1.64. The minimum atomic E-state index is -4.59. The highest BCUT2D eigenvalue weighted by molar-refractivity contribution is 5.96. The number of benzene rings is 1. The molecule has 0 radical (unpaired) electrons. The number of nitrogens with zero attached hydrogens (tertiary/aromatic N) is 2. The second-order valence-corrected chi connectivity index (χ2v) is 3.84. The summed E-state index contributed by atoms with van der Waals surface area (Å²) < 4.78 is 43.3. The second kappa shape index (κ2) is 3.79. The number of hydrogen-bond acceptors (Lipinski definition) is 4. The standard InChI is InChI=1S/C11H9F3N2O2/c1-6(17)8-4-3-7(5-9(8)18-2)10(15-16-10)11(12,13)14/h3-5H,1-2H3/i1+1. The van der Waals surface area contributed by atoms with E-state index in [-0.39, 0.29) is 22.7 Å². The number of rotatable bonds is 3. The molecule has 0 N–H and O–H groups in total. The highest BCUT2D eigenvalue weighted by atomic mass is 19.4. The number of halogens is 3. The summed E-state index contributed by atoms with van der Waals surface area (Å²) in [6, 6.07) is 3.62. The van der Waals surface area contributed by atoms with Crippen molar-refractivity contribution >= 4 is 5.78 Å². The van der Waals surface area contributed by atoms with Crippen molar-refractivity contribution in [3.8, 4) is 5.75 Å². The highest BCUT2D eigenvalue weighted by Crippen LogP contribution is 2.52. The number of Topliss-reactive ketones (excluding diaryl/α,β-unsaturated/α-hetero) is 1. The molecule has 18 heavy (non-hydrogen) atoms. The average Bonchev–Trinajstić information content (AvgIpc) is 3.08. The molecule has 0 atom stereocenters. The third-order valence-corrected chi connectivity index (χ3v) is 2.68. The summed E-state index contributed by atoms with van der Waals surface area (Å²) in [6.45, 7) is 1.31. The van der Waals surface area contributed by atoms with Crippen LogP contribution in [0.5, 0.6) is 5.75 Å². The molecule has 0 aliphatic carbocycles. The van der Waals surface area contributed by atoms with Crippen LogP contribution in [0, 0.1) is 0 Å². The molecule has 1 aromatic rings. The van der Waals surface area contributed by atoms with Crippen LogP contribution in [0.15, 0.2) is 28.4 Å². The first-order chi connectivity index (χ1) is 8.32. The smallest absolute Gasteiger partial charge is 0.442 e. The molecule has 7 heteroatoms. The summed E-state index contributed by atoms with van der Waals surface area (Å²) in [7, 11) is 1.28. The predicted octanol–water partition coefficient (Wildman–Crippen LogP) is 3.08. The molecule has 1 aliphatic heterocycles. The predicted molar refractivity (Wildman–Crippen MR) is 55.6 cm³/mol. The van der Waals surface area contributed by atoms with Gasteiger partial charge in [-0.2, -0.15) is 13.2 Å². The maximum Gasteiger partial charge on any atom is 0.442 e. The van der Waals surface area contributed by atoms with E-state index in [9.17, 15) is 18.0 Å². The summed E-state index contributed by atoms with van der Waals surface area (Å²) >= 11 is 0. The summed E-state index contributed by atoms with van der Waals surface area (Å²) in [6.07, 6.45) is -4.59. The van der Waals surface area contributed by atoms with Crippen LogP contribution in [0.3, 0.4) is 0 Å². The monoisotopic (exact) mass is 259 g/mol. The Kier molecular flexibility index (Phi) is 2.64. The quantitative estimate of drug-likeness (QED) is 0.618. The zero-order valence-corrected chi connectivity index (χ0v) is 9.58. The Bertz CT molecular complexity index is 532. The van der Waals surface area contributed by atoms with E-state index >= 15 is 0 Å². The molecule has 0 saturated carbocycles. The van der Waals surface area contributed by atoms with E-state index in [1.807, 2.05) is 0 Å². The maximum atomic E-state index is 12.8. The zero-order chi connectivity index (χ0) is 13.6. The second-order valence-electron chi connectivity index (χ2n) is 3.84. The van der Waals surface area contributed by atoms with Gasteiger partial charge in [0.2, 0.25) is 0 Å². The lowest BCUT2D eigenvalue weighted by molar-refractivity contribution is -0.166. The van der Waals surface area contributed by atoms with Gasteiger partial charge >= 0.3 is 11.8 Å². The van der Waals surface area contributed by atoms with Crippen LogP contribution in [0.4, 0.5) is 13.2 Å². The van der Waals surface area contributed by atoms with E-state index in [2.05, 4.69) is 10.2 Å². The van der Waals surface area contributed by atoms with Gasteiger partial charge in [-0.1, -0.05) is 6.07 Å². The highest BCUT2D eigenvalue weighted by Gasteiger charge is 2.65. The molecule has 1 aliphatic rings. The third-order valence-electron chi connectivity index (χ3n) is 2.68. The van der Waals surface area contributed by atoms with Crippen molar-refractivity contribution in [2.45, 2.75) is 18.8 Å². The lowest BCUT2D eigenvalue weighted by Crippen LogP contribution is -2.30. The van der Waals surface area contributed by atoms with Crippen LogP contribution in [0.2, 0.25) is 0 Å². The van der Waals surface area contributed by atoms with Crippen LogP contribution in [-0.2, 0) is 5.66 Å². The third kappa shape index (κ3) is 1.75. The van der Waals surface area contributed by atoms with E-state index < -0.39 is 11.8 Å². The van der Waals surface area contributed by atoms with Crippen molar-refractivity contribution in [2.75, 3.05) is 7.11 Å². The number of ether oxygens (including phenoxy) is 1. The van der Waals surface area contributed by atoms with Crippen molar-refractivity contribution in [2.24, 2.45) is 10.2 Å². The van der Waals surface area contributed by atoms with Crippen LogP contribution in [0.1, 0.15) is 22.8 Å². The van der Waals surface area contributed by atoms with Gasteiger partial charge in [0.25, 0.3) is 0 Å². The number of carbonyl (C=O) groups excluding carboxylic acids is 1. The Morgan fingerprint density at radius 1 is 1.33 bits per heavy atom. The minimum absolute atomic E-state index is 0.0842. The van der Waals surface area contributed by atoms with Crippen LogP contribution >= 0.6 is 0 Å². The average molecular weight is 259 g/mol. The van der Waals surface area contributed by atoms with Crippen molar-refractivity contribution in [1.29, 1.82) is 0 Å². The first-order valence-electron chi connectivity index (χ1n) is 5.02. The van der Waals surface area contributed by atoms with Crippen LogP contribution in [0.25, 0.3) is 0 Å². The van der Waals surface area contributed by atoms with Gasteiger partial charge in [-0.05, 0) is 19.1 Å². The van der Waals surface area contributed by atoms with Crippen LogP contribution < -0.4 is 4.74 Å². The van der Waals surface area contributed by atoms with E-state index in [4.69, 9.17) is 4.74 Å². The van der Waals surface area contributed by atoms with E-state index in [0.717, 1.165) is 6.07 Å². The number of carbonyl (C=O) groups is 1. The SMILES string of the molecule is COc1cc(C2(C(F)(F)F)N=N2)ccc1C([13CH3])=O. The van der Waals surface area contributed by atoms with Crippen LogP contribution in [-0.4, -0.2) is 19.1 Å². The number of hydrogen-bond donors (Lipinski definition) is 0.